The monoisotopic (exact) mass is 406 g/mol. The van der Waals surface area contributed by atoms with Crippen LogP contribution in [0.5, 0.6) is 5.75 Å². The van der Waals surface area contributed by atoms with E-state index in [-0.39, 0.29) is 11.6 Å². The van der Waals surface area contributed by atoms with Crippen LogP contribution in [0, 0.1) is 17.6 Å². The molecule has 2 atom stereocenters. The molecule has 0 amide bonds. The Morgan fingerprint density at radius 3 is 2.75 bits per heavy atom. The molecule has 8 heteroatoms. The number of halogens is 2. The van der Waals surface area contributed by atoms with Crippen molar-refractivity contribution in [3.8, 4) is 5.75 Å². The summed E-state index contributed by atoms with van der Waals surface area (Å²) in [5.74, 6) is 1.19. The Labute approximate surface area is 168 Å². The second-order valence-corrected chi connectivity index (χ2v) is 8.13. The number of hydrogen-bond acceptors (Lipinski definition) is 6. The molecule has 5 nitrogen and oxygen atoms in total. The van der Waals surface area contributed by atoms with Crippen LogP contribution in [0.15, 0.2) is 35.5 Å². The highest BCUT2D eigenvalue weighted by molar-refractivity contribution is 7.98. The van der Waals surface area contributed by atoms with E-state index in [1.165, 1.54) is 30.1 Å². The summed E-state index contributed by atoms with van der Waals surface area (Å²) in [6.07, 6.45) is 5.27. The lowest BCUT2D eigenvalue weighted by Gasteiger charge is -2.46. The van der Waals surface area contributed by atoms with Crippen molar-refractivity contribution in [1.29, 1.82) is 0 Å². The lowest BCUT2D eigenvalue weighted by Crippen LogP contribution is -2.57. The van der Waals surface area contributed by atoms with E-state index in [4.69, 9.17) is 4.74 Å². The summed E-state index contributed by atoms with van der Waals surface area (Å²) in [5.41, 5.74) is 0. The van der Waals surface area contributed by atoms with Gasteiger partial charge in [0, 0.05) is 38.1 Å². The fourth-order valence-electron chi connectivity index (χ4n) is 3.96. The number of rotatable bonds is 5. The van der Waals surface area contributed by atoms with Gasteiger partial charge in [-0.15, -0.1) is 11.8 Å². The molecule has 0 bridgehead atoms. The Morgan fingerprint density at radius 1 is 1.14 bits per heavy atom. The number of ether oxygens (including phenoxy) is 1. The maximum Gasteiger partial charge on any atom is 0.226 e. The SMILES string of the molecule is CSc1nc(N2CCN3C[C@H](COc4ccc(F)cc4)CC[C@H]3C2)ncc1F. The summed E-state index contributed by atoms with van der Waals surface area (Å²) in [4.78, 5) is 13.2. The third-order valence-corrected chi connectivity index (χ3v) is 6.15. The number of anilines is 1. The zero-order valence-corrected chi connectivity index (χ0v) is 16.7. The summed E-state index contributed by atoms with van der Waals surface area (Å²) >= 11 is 1.30. The number of piperidine rings is 1. The van der Waals surface area contributed by atoms with Crippen molar-refractivity contribution in [2.45, 2.75) is 23.9 Å². The Hall–Kier alpha value is -1.93. The minimum Gasteiger partial charge on any atom is -0.493 e. The standard InChI is InChI=1S/C20H24F2N4OS/c1-28-19-18(22)10-23-20(24-19)26-9-8-25-11-14(2-5-16(25)12-26)13-27-17-6-3-15(21)4-7-17/h3-4,6-7,10,14,16H,2,5,8-9,11-13H2,1H3/t14-,16+/m1/s1. The van der Waals surface area contributed by atoms with Gasteiger partial charge >= 0.3 is 0 Å². The van der Waals surface area contributed by atoms with Crippen molar-refractivity contribution >= 4 is 17.7 Å². The average molecular weight is 407 g/mol. The predicted octanol–water partition coefficient (Wildman–Crippen LogP) is 3.46. The van der Waals surface area contributed by atoms with Gasteiger partial charge in [0.2, 0.25) is 5.95 Å². The summed E-state index contributed by atoms with van der Waals surface area (Å²) in [6, 6.07) is 6.65. The predicted molar refractivity (Wildman–Crippen MR) is 106 cm³/mol. The van der Waals surface area contributed by atoms with Crippen LogP contribution >= 0.6 is 11.8 Å². The summed E-state index contributed by atoms with van der Waals surface area (Å²) in [6.45, 7) is 4.29. The maximum absolute atomic E-state index is 13.7. The van der Waals surface area contributed by atoms with Gasteiger partial charge in [0.15, 0.2) is 5.82 Å². The van der Waals surface area contributed by atoms with Gasteiger partial charge < -0.3 is 9.64 Å². The molecule has 2 fully saturated rings. The van der Waals surface area contributed by atoms with Crippen LogP contribution in [0.25, 0.3) is 0 Å². The Bertz CT molecular complexity index is 807. The van der Waals surface area contributed by atoms with Gasteiger partial charge in [-0.25, -0.2) is 18.7 Å². The quantitative estimate of drug-likeness (QED) is 0.560. The third-order valence-electron chi connectivity index (χ3n) is 5.48. The van der Waals surface area contributed by atoms with Crippen molar-refractivity contribution in [1.82, 2.24) is 14.9 Å². The van der Waals surface area contributed by atoms with Crippen LogP contribution in [-0.4, -0.2) is 60.0 Å². The lowest BCUT2D eigenvalue weighted by atomic mass is 9.91. The molecule has 0 saturated carbocycles. The number of thioether (sulfide) groups is 1. The van der Waals surface area contributed by atoms with E-state index in [2.05, 4.69) is 19.8 Å². The first-order valence-electron chi connectivity index (χ1n) is 9.56. The fraction of sp³-hybridized carbons (Fsp3) is 0.500. The van der Waals surface area contributed by atoms with E-state index >= 15 is 0 Å². The highest BCUT2D eigenvalue weighted by Gasteiger charge is 2.34. The van der Waals surface area contributed by atoms with E-state index in [0.717, 1.165) is 39.0 Å². The highest BCUT2D eigenvalue weighted by Crippen LogP contribution is 2.28. The molecule has 0 N–H and O–H groups in total. The van der Waals surface area contributed by atoms with Crippen LogP contribution in [0.4, 0.5) is 14.7 Å². The van der Waals surface area contributed by atoms with Crippen LogP contribution in [0.1, 0.15) is 12.8 Å². The molecule has 150 valence electrons. The number of piperazine rings is 1. The summed E-state index contributed by atoms with van der Waals surface area (Å²) in [5, 5.41) is 0.397. The van der Waals surface area contributed by atoms with Crippen LogP contribution in [-0.2, 0) is 0 Å². The number of fused-ring (bicyclic) bond motifs is 1. The minimum absolute atomic E-state index is 0.250. The third kappa shape index (κ3) is 4.38. The van der Waals surface area contributed by atoms with Gasteiger partial charge in [-0.1, -0.05) is 0 Å². The van der Waals surface area contributed by atoms with E-state index in [1.807, 2.05) is 6.26 Å². The van der Waals surface area contributed by atoms with Crippen LogP contribution in [0.3, 0.4) is 0 Å². The zero-order chi connectivity index (χ0) is 19.5. The van der Waals surface area contributed by atoms with Crippen molar-refractivity contribution in [3.63, 3.8) is 0 Å². The Balaban J connectivity index is 1.31. The molecular weight excluding hydrogens is 382 g/mol. The van der Waals surface area contributed by atoms with Gasteiger partial charge in [0.05, 0.1) is 12.8 Å². The van der Waals surface area contributed by atoms with E-state index in [1.54, 1.807) is 12.1 Å². The van der Waals surface area contributed by atoms with Gasteiger partial charge in [0.25, 0.3) is 0 Å². The van der Waals surface area contributed by atoms with Crippen molar-refractivity contribution in [2.75, 3.05) is 43.9 Å². The molecule has 2 saturated heterocycles. The molecular formula is C20H24F2N4OS. The number of nitrogens with zero attached hydrogens (tertiary/aromatic N) is 4. The largest absolute Gasteiger partial charge is 0.493 e. The first kappa shape index (κ1) is 19.4. The minimum atomic E-state index is -0.364. The molecule has 0 unspecified atom stereocenters. The van der Waals surface area contributed by atoms with Crippen molar-refractivity contribution in [3.05, 3.63) is 42.1 Å². The molecule has 1 aromatic carbocycles. The first-order valence-corrected chi connectivity index (χ1v) is 10.8. The molecule has 0 spiro atoms. The van der Waals surface area contributed by atoms with E-state index in [9.17, 15) is 8.78 Å². The number of aromatic nitrogens is 2. The topological polar surface area (TPSA) is 41.5 Å². The average Bonchev–Trinajstić information content (AvgIpc) is 2.73. The Morgan fingerprint density at radius 2 is 1.96 bits per heavy atom. The summed E-state index contributed by atoms with van der Waals surface area (Å²) in [7, 11) is 0. The Kier molecular flexibility index (Phi) is 5.96. The maximum atomic E-state index is 13.7. The first-order chi connectivity index (χ1) is 13.6. The lowest BCUT2D eigenvalue weighted by molar-refractivity contribution is 0.0725. The highest BCUT2D eigenvalue weighted by atomic mass is 32.2. The molecule has 0 aliphatic carbocycles. The van der Waals surface area contributed by atoms with Gasteiger partial charge in [-0.3, -0.25) is 4.90 Å². The zero-order valence-electron chi connectivity index (χ0n) is 15.9. The van der Waals surface area contributed by atoms with E-state index < -0.39 is 0 Å². The number of benzene rings is 1. The second-order valence-electron chi connectivity index (χ2n) is 7.33. The number of hydrogen-bond donors (Lipinski definition) is 0. The summed E-state index contributed by atoms with van der Waals surface area (Å²) < 4.78 is 32.5. The molecule has 1 aromatic heterocycles. The molecule has 2 aromatic rings. The normalized spacial score (nSPS) is 22.8. The molecule has 2 aliphatic rings. The fourth-order valence-corrected chi connectivity index (χ4v) is 4.38. The smallest absolute Gasteiger partial charge is 0.226 e. The molecule has 3 heterocycles. The molecule has 2 aliphatic heterocycles. The van der Waals surface area contributed by atoms with E-state index in [0.29, 0.717) is 35.3 Å². The molecule has 28 heavy (non-hydrogen) atoms. The van der Waals surface area contributed by atoms with Gasteiger partial charge in [0.1, 0.15) is 16.6 Å². The van der Waals surface area contributed by atoms with Gasteiger partial charge in [-0.05, 0) is 43.4 Å². The van der Waals surface area contributed by atoms with Crippen molar-refractivity contribution in [2.24, 2.45) is 5.92 Å². The second kappa shape index (κ2) is 8.61. The van der Waals surface area contributed by atoms with Crippen molar-refractivity contribution < 1.29 is 13.5 Å². The molecule has 0 radical (unpaired) electrons. The van der Waals surface area contributed by atoms with Gasteiger partial charge in [-0.2, -0.15) is 0 Å². The van der Waals surface area contributed by atoms with Crippen LogP contribution < -0.4 is 9.64 Å². The van der Waals surface area contributed by atoms with Crippen LogP contribution in [0.2, 0.25) is 0 Å². The molecule has 4 rings (SSSR count).